The van der Waals surface area contributed by atoms with Crippen LogP contribution in [-0.2, 0) is 9.84 Å². The molecule has 0 radical (unpaired) electrons. The Bertz CT molecular complexity index is 263. The smallest absolute Gasteiger partial charge is 0.150 e. The summed E-state index contributed by atoms with van der Waals surface area (Å²) in [5, 5.41) is 3.49. The molecular formula is C13H29NO2S. The molecule has 0 spiro atoms. The van der Waals surface area contributed by atoms with E-state index < -0.39 is 9.84 Å². The Morgan fingerprint density at radius 1 is 0.941 bits per heavy atom. The lowest BCUT2D eigenvalue weighted by Crippen LogP contribution is -2.30. The minimum Gasteiger partial charge on any atom is -0.314 e. The minimum absolute atomic E-state index is 0.341. The zero-order valence-corrected chi connectivity index (χ0v) is 12.5. The Hall–Kier alpha value is -0.0900. The van der Waals surface area contributed by atoms with Crippen LogP contribution in [-0.4, -0.2) is 32.5 Å². The summed E-state index contributed by atoms with van der Waals surface area (Å²) in [6.07, 6.45) is 5.95. The summed E-state index contributed by atoms with van der Waals surface area (Å²) in [5.74, 6) is 0.697. The van der Waals surface area contributed by atoms with Crippen molar-refractivity contribution in [3.8, 4) is 0 Å². The van der Waals surface area contributed by atoms with Crippen molar-refractivity contribution >= 4 is 9.84 Å². The van der Waals surface area contributed by atoms with Crippen LogP contribution in [0.15, 0.2) is 0 Å². The highest BCUT2D eigenvalue weighted by atomic mass is 32.2. The van der Waals surface area contributed by atoms with Gasteiger partial charge in [0.25, 0.3) is 0 Å². The first-order valence-corrected chi connectivity index (χ1v) is 8.81. The van der Waals surface area contributed by atoms with E-state index in [1.807, 2.05) is 6.92 Å². The van der Waals surface area contributed by atoms with E-state index in [-0.39, 0.29) is 0 Å². The molecule has 0 aromatic carbocycles. The van der Waals surface area contributed by atoms with Crippen LogP contribution in [0.5, 0.6) is 0 Å². The van der Waals surface area contributed by atoms with Crippen molar-refractivity contribution in [2.75, 3.05) is 18.1 Å². The van der Waals surface area contributed by atoms with E-state index in [0.29, 0.717) is 17.5 Å². The Morgan fingerprint density at radius 3 is 2.18 bits per heavy atom. The molecule has 0 saturated carbocycles. The second-order valence-corrected chi connectivity index (χ2v) is 7.04. The number of hydrogen-bond donors (Lipinski definition) is 1. The van der Waals surface area contributed by atoms with Gasteiger partial charge in [0, 0.05) is 11.8 Å². The molecule has 0 aliphatic rings. The summed E-state index contributed by atoms with van der Waals surface area (Å²) in [7, 11) is -2.79. The van der Waals surface area contributed by atoms with Crippen LogP contribution in [0.25, 0.3) is 0 Å². The monoisotopic (exact) mass is 263 g/mol. The predicted octanol–water partition coefficient (Wildman–Crippen LogP) is 2.76. The molecule has 104 valence electrons. The van der Waals surface area contributed by atoms with Crippen LogP contribution in [0.3, 0.4) is 0 Å². The van der Waals surface area contributed by atoms with E-state index in [0.717, 1.165) is 45.1 Å². The molecule has 0 saturated heterocycles. The van der Waals surface area contributed by atoms with E-state index in [1.165, 1.54) is 0 Å². The molecule has 0 bridgehead atoms. The topological polar surface area (TPSA) is 46.2 Å². The molecule has 0 rings (SSSR count). The normalized spacial score (nSPS) is 13.8. The van der Waals surface area contributed by atoms with Gasteiger partial charge in [-0.25, -0.2) is 8.42 Å². The molecule has 1 unspecified atom stereocenters. The van der Waals surface area contributed by atoms with Crippen LogP contribution in [0.4, 0.5) is 0 Å². The van der Waals surface area contributed by atoms with Crippen LogP contribution >= 0.6 is 0 Å². The zero-order chi connectivity index (χ0) is 13.1. The van der Waals surface area contributed by atoms with Gasteiger partial charge in [-0.05, 0) is 38.6 Å². The first-order valence-electron chi connectivity index (χ1n) is 6.99. The average molecular weight is 263 g/mol. The first-order chi connectivity index (χ1) is 8.05. The molecule has 0 amide bonds. The van der Waals surface area contributed by atoms with E-state index >= 15 is 0 Å². The maximum atomic E-state index is 11.6. The molecule has 0 aliphatic carbocycles. The molecule has 3 nitrogen and oxygen atoms in total. The molecule has 0 heterocycles. The lowest BCUT2D eigenvalue weighted by molar-refractivity contribution is 0.444. The van der Waals surface area contributed by atoms with Crippen LogP contribution < -0.4 is 5.32 Å². The molecule has 0 aromatic rings. The molecule has 0 aromatic heterocycles. The van der Waals surface area contributed by atoms with Gasteiger partial charge in [0.05, 0.1) is 5.75 Å². The second-order valence-electron chi connectivity index (χ2n) is 4.73. The number of hydrogen-bond acceptors (Lipinski definition) is 3. The highest BCUT2D eigenvalue weighted by Gasteiger charge is 2.11. The summed E-state index contributed by atoms with van der Waals surface area (Å²) in [4.78, 5) is 0. The average Bonchev–Trinajstić information content (AvgIpc) is 2.25. The van der Waals surface area contributed by atoms with Crippen molar-refractivity contribution in [3.63, 3.8) is 0 Å². The van der Waals surface area contributed by atoms with Gasteiger partial charge in [-0.15, -0.1) is 0 Å². The van der Waals surface area contributed by atoms with Crippen LogP contribution in [0, 0.1) is 0 Å². The molecule has 0 fully saturated rings. The highest BCUT2D eigenvalue weighted by Crippen LogP contribution is 2.07. The lowest BCUT2D eigenvalue weighted by atomic mass is 10.1. The summed E-state index contributed by atoms with van der Waals surface area (Å²) in [5.41, 5.74) is 0. The molecule has 1 atom stereocenters. The summed E-state index contributed by atoms with van der Waals surface area (Å²) >= 11 is 0. The summed E-state index contributed by atoms with van der Waals surface area (Å²) < 4.78 is 23.1. The third kappa shape index (κ3) is 9.60. The first kappa shape index (κ1) is 16.9. The van der Waals surface area contributed by atoms with Gasteiger partial charge in [-0.3, -0.25) is 0 Å². The fraction of sp³-hybridized carbons (Fsp3) is 1.00. The minimum atomic E-state index is -2.79. The quantitative estimate of drug-likeness (QED) is 0.623. The third-order valence-electron chi connectivity index (χ3n) is 2.84. The van der Waals surface area contributed by atoms with Crippen molar-refractivity contribution in [2.45, 2.75) is 65.3 Å². The van der Waals surface area contributed by atoms with Crippen molar-refractivity contribution in [3.05, 3.63) is 0 Å². The maximum Gasteiger partial charge on any atom is 0.150 e. The summed E-state index contributed by atoms with van der Waals surface area (Å²) in [6.45, 7) is 7.28. The molecule has 1 N–H and O–H groups in total. The van der Waals surface area contributed by atoms with Crippen LogP contribution in [0.2, 0.25) is 0 Å². The largest absolute Gasteiger partial charge is 0.314 e. The van der Waals surface area contributed by atoms with Gasteiger partial charge < -0.3 is 5.32 Å². The second kappa shape index (κ2) is 9.89. The van der Waals surface area contributed by atoms with Gasteiger partial charge in [0.2, 0.25) is 0 Å². The molecule has 17 heavy (non-hydrogen) atoms. The van der Waals surface area contributed by atoms with E-state index in [1.54, 1.807) is 0 Å². The van der Waals surface area contributed by atoms with Gasteiger partial charge in [0.15, 0.2) is 0 Å². The number of rotatable bonds is 11. The van der Waals surface area contributed by atoms with Gasteiger partial charge in [-0.2, -0.15) is 0 Å². The number of sulfone groups is 1. The predicted molar refractivity (Wildman–Crippen MR) is 75.2 cm³/mol. The third-order valence-corrected chi connectivity index (χ3v) is 4.78. The van der Waals surface area contributed by atoms with Gasteiger partial charge in [0.1, 0.15) is 9.84 Å². The van der Waals surface area contributed by atoms with Crippen molar-refractivity contribution in [1.29, 1.82) is 0 Å². The fourth-order valence-electron chi connectivity index (χ4n) is 2.01. The lowest BCUT2D eigenvalue weighted by Gasteiger charge is -2.17. The molecule has 4 heteroatoms. The zero-order valence-electron chi connectivity index (χ0n) is 11.7. The van der Waals surface area contributed by atoms with Gasteiger partial charge >= 0.3 is 0 Å². The Morgan fingerprint density at radius 2 is 1.65 bits per heavy atom. The van der Waals surface area contributed by atoms with E-state index in [9.17, 15) is 8.42 Å². The van der Waals surface area contributed by atoms with Crippen molar-refractivity contribution < 1.29 is 8.42 Å². The van der Waals surface area contributed by atoms with Crippen molar-refractivity contribution in [2.24, 2.45) is 0 Å². The Labute approximate surface area is 107 Å². The highest BCUT2D eigenvalue weighted by molar-refractivity contribution is 7.91. The van der Waals surface area contributed by atoms with Gasteiger partial charge in [-0.1, -0.05) is 27.2 Å². The Balaban J connectivity index is 3.87. The molecule has 0 aliphatic heterocycles. The van der Waals surface area contributed by atoms with Crippen LogP contribution in [0.1, 0.15) is 59.3 Å². The summed E-state index contributed by atoms with van der Waals surface area (Å²) in [6, 6.07) is 0.497. The standard InChI is InChI=1S/C13H29NO2S/c1-4-8-13(14-10-5-2)9-7-12-17(15,16)11-6-3/h13-14H,4-12H2,1-3H3. The Kier molecular flexibility index (Phi) is 9.84. The number of nitrogens with one attached hydrogen (secondary N) is 1. The molecular weight excluding hydrogens is 234 g/mol. The maximum absolute atomic E-state index is 11.6. The fourth-order valence-corrected chi connectivity index (χ4v) is 3.44. The van der Waals surface area contributed by atoms with E-state index in [4.69, 9.17) is 0 Å². The van der Waals surface area contributed by atoms with Crippen molar-refractivity contribution in [1.82, 2.24) is 5.32 Å². The SMILES string of the molecule is CCCNC(CCC)CCCS(=O)(=O)CCC. The van der Waals surface area contributed by atoms with E-state index in [2.05, 4.69) is 19.2 Å².